The highest BCUT2D eigenvalue weighted by atomic mass is 16.5. The zero-order valence-corrected chi connectivity index (χ0v) is 17.3. The Morgan fingerprint density at radius 3 is 2.34 bits per heavy atom. The van der Waals surface area contributed by atoms with Crippen molar-refractivity contribution in [3.05, 3.63) is 65.0 Å². The van der Waals surface area contributed by atoms with Gasteiger partial charge in [0.25, 0.3) is 5.91 Å². The molecule has 2 rings (SSSR count). The Kier molecular flexibility index (Phi) is 7.36. The largest absolute Gasteiger partial charge is 0.465 e. The number of nitrogens with one attached hydrogen (secondary N) is 1. The molecule has 0 unspecified atom stereocenters. The highest BCUT2D eigenvalue weighted by molar-refractivity contribution is 6.05. The second-order valence-corrected chi connectivity index (χ2v) is 6.92. The number of nitrogens with zero attached hydrogens (tertiary/aromatic N) is 1. The Bertz CT molecular complexity index is 896. The first-order valence-corrected chi connectivity index (χ1v) is 9.24. The third-order valence-electron chi connectivity index (χ3n) is 4.28. The lowest BCUT2D eigenvalue weighted by molar-refractivity contribution is -0.139. The highest BCUT2D eigenvalue weighted by Gasteiger charge is 2.28. The Morgan fingerprint density at radius 1 is 1.07 bits per heavy atom. The zero-order valence-electron chi connectivity index (χ0n) is 17.3. The van der Waals surface area contributed by atoms with Crippen LogP contribution in [0.4, 0.5) is 5.69 Å². The molecular weight excluding hydrogens is 372 g/mol. The molecule has 7 heteroatoms. The van der Waals surface area contributed by atoms with Crippen LogP contribution in [0.2, 0.25) is 0 Å². The van der Waals surface area contributed by atoms with Crippen molar-refractivity contribution in [2.75, 3.05) is 25.7 Å². The number of hydrogen-bond acceptors (Lipinski definition) is 6. The van der Waals surface area contributed by atoms with Crippen molar-refractivity contribution in [2.24, 2.45) is 5.92 Å². The van der Waals surface area contributed by atoms with Gasteiger partial charge in [0.05, 0.1) is 19.8 Å². The molecule has 1 aromatic carbocycles. The average Bonchev–Trinajstić information content (AvgIpc) is 2.93. The lowest BCUT2D eigenvalue weighted by Crippen LogP contribution is -2.28. The summed E-state index contributed by atoms with van der Waals surface area (Å²) in [5.74, 6) is -1.16. The first-order chi connectivity index (χ1) is 13.8. The number of methoxy groups -OCH3 is 2. The van der Waals surface area contributed by atoms with Crippen LogP contribution in [0.1, 0.15) is 29.8 Å². The van der Waals surface area contributed by atoms with Gasteiger partial charge in [-0.2, -0.15) is 0 Å². The van der Waals surface area contributed by atoms with E-state index in [0.29, 0.717) is 23.7 Å². The van der Waals surface area contributed by atoms with Crippen LogP contribution in [0.25, 0.3) is 0 Å². The SMILES string of the molecule is COC(=O)C1=C(C(=O)OC)N(c2ccc(C(=O)NCC(C)C)cc2C)C=CC=C1. The highest BCUT2D eigenvalue weighted by Crippen LogP contribution is 2.29. The smallest absolute Gasteiger partial charge is 0.355 e. The third kappa shape index (κ3) is 5.13. The molecule has 1 aliphatic heterocycles. The van der Waals surface area contributed by atoms with Gasteiger partial charge in [-0.3, -0.25) is 4.79 Å². The summed E-state index contributed by atoms with van der Waals surface area (Å²) in [6, 6.07) is 5.15. The molecule has 1 N–H and O–H groups in total. The van der Waals surface area contributed by atoms with Gasteiger partial charge < -0.3 is 19.7 Å². The number of esters is 2. The van der Waals surface area contributed by atoms with Gasteiger partial charge in [0, 0.05) is 24.0 Å². The van der Waals surface area contributed by atoms with Crippen molar-refractivity contribution in [3.63, 3.8) is 0 Å². The van der Waals surface area contributed by atoms with E-state index >= 15 is 0 Å². The van der Waals surface area contributed by atoms with E-state index in [1.54, 1.807) is 41.5 Å². The van der Waals surface area contributed by atoms with E-state index in [2.05, 4.69) is 5.32 Å². The number of anilines is 1. The first-order valence-electron chi connectivity index (χ1n) is 9.24. The quantitative estimate of drug-likeness (QED) is 0.742. The van der Waals surface area contributed by atoms with Crippen LogP contribution >= 0.6 is 0 Å². The van der Waals surface area contributed by atoms with E-state index in [-0.39, 0.29) is 17.2 Å². The van der Waals surface area contributed by atoms with Crippen LogP contribution < -0.4 is 10.2 Å². The van der Waals surface area contributed by atoms with Gasteiger partial charge in [-0.05, 0) is 48.8 Å². The van der Waals surface area contributed by atoms with Gasteiger partial charge in [0.1, 0.15) is 5.70 Å². The summed E-state index contributed by atoms with van der Waals surface area (Å²) in [7, 11) is 2.49. The summed E-state index contributed by atoms with van der Waals surface area (Å²) in [6.07, 6.45) is 6.48. The minimum Gasteiger partial charge on any atom is -0.465 e. The van der Waals surface area contributed by atoms with Crippen LogP contribution in [-0.4, -0.2) is 38.6 Å². The normalized spacial score (nSPS) is 13.4. The Balaban J connectivity index is 2.49. The molecule has 0 aliphatic carbocycles. The number of carbonyl (C=O) groups is 3. The number of rotatable bonds is 6. The maximum Gasteiger partial charge on any atom is 0.355 e. The van der Waals surface area contributed by atoms with Gasteiger partial charge in [0.2, 0.25) is 0 Å². The van der Waals surface area contributed by atoms with Crippen molar-refractivity contribution < 1.29 is 23.9 Å². The number of amides is 1. The number of ether oxygens (including phenoxy) is 2. The molecule has 0 radical (unpaired) electrons. The van der Waals surface area contributed by atoms with E-state index in [1.165, 1.54) is 20.3 Å². The molecule has 7 nitrogen and oxygen atoms in total. The Morgan fingerprint density at radius 2 is 1.76 bits per heavy atom. The van der Waals surface area contributed by atoms with Crippen LogP contribution in [0, 0.1) is 12.8 Å². The predicted molar refractivity (Wildman–Crippen MR) is 110 cm³/mol. The number of aryl methyl sites for hydroxylation is 1. The fourth-order valence-electron chi connectivity index (χ4n) is 2.82. The van der Waals surface area contributed by atoms with E-state index in [0.717, 1.165) is 5.56 Å². The standard InChI is InChI=1S/C22H26N2O5/c1-14(2)13-23-20(25)16-9-10-18(15(3)12-16)24-11-7-6-8-17(21(26)28-4)19(24)22(27)29-5/h6-12,14H,13H2,1-5H3,(H,23,25). The minimum atomic E-state index is -0.681. The fourth-order valence-corrected chi connectivity index (χ4v) is 2.82. The van der Waals surface area contributed by atoms with E-state index < -0.39 is 11.9 Å². The zero-order chi connectivity index (χ0) is 21.6. The maximum atomic E-state index is 12.5. The lowest BCUT2D eigenvalue weighted by Gasteiger charge is -2.25. The summed E-state index contributed by atoms with van der Waals surface area (Å²) < 4.78 is 9.72. The molecule has 0 aromatic heterocycles. The minimum absolute atomic E-state index is 0.0319. The molecule has 0 saturated heterocycles. The lowest BCUT2D eigenvalue weighted by atomic mass is 10.1. The topological polar surface area (TPSA) is 84.9 Å². The van der Waals surface area contributed by atoms with Crippen molar-refractivity contribution in [1.29, 1.82) is 0 Å². The molecule has 0 saturated carbocycles. The van der Waals surface area contributed by atoms with E-state index in [9.17, 15) is 14.4 Å². The molecule has 0 atom stereocenters. The number of benzene rings is 1. The predicted octanol–water partition coefficient (Wildman–Crippen LogP) is 2.87. The summed E-state index contributed by atoms with van der Waals surface area (Å²) in [5.41, 5.74) is 2.00. The van der Waals surface area contributed by atoms with Crippen molar-refractivity contribution in [1.82, 2.24) is 5.32 Å². The summed E-state index contributed by atoms with van der Waals surface area (Å²) in [4.78, 5) is 38.7. The van der Waals surface area contributed by atoms with Crippen LogP contribution in [0.3, 0.4) is 0 Å². The van der Waals surface area contributed by atoms with Crippen LogP contribution in [0.15, 0.2) is 53.9 Å². The molecule has 1 aromatic rings. The molecular formula is C22H26N2O5. The second kappa shape index (κ2) is 9.73. The summed E-state index contributed by atoms with van der Waals surface area (Å²) in [5, 5.41) is 2.88. The summed E-state index contributed by atoms with van der Waals surface area (Å²) in [6.45, 7) is 6.45. The molecule has 0 fully saturated rings. The van der Waals surface area contributed by atoms with Gasteiger partial charge >= 0.3 is 11.9 Å². The van der Waals surface area contributed by atoms with E-state index in [4.69, 9.17) is 9.47 Å². The van der Waals surface area contributed by atoms with Crippen LogP contribution in [-0.2, 0) is 19.1 Å². The number of allylic oxidation sites excluding steroid dienone is 2. The molecule has 0 spiro atoms. The second-order valence-electron chi connectivity index (χ2n) is 6.92. The van der Waals surface area contributed by atoms with Crippen molar-refractivity contribution in [2.45, 2.75) is 20.8 Å². The third-order valence-corrected chi connectivity index (χ3v) is 4.28. The molecule has 29 heavy (non-hydrogen) atoms. The molecule has 1 amide bonds. The van der Waals surface area contributed by atoms with Gasteiger partial charge in [-0.25, -0.2) is 9.59 Å². The van der Waals surface area contributed by atoms with Gasteiger partial charge in [0.15, 0.2) is 0 Å². The van der Waals surface area contributed by atoms with Crippen LogP contribution in [0.5, 0.6) is 0 Å². The van der Waals surface area contributed by atoms with Crippen molar-refractivity contribution in [3.8, 4) is 0 Å². The molecule has 0 bridgehead atoms. The molecule has 1 aliphatic rings. The van der Waals surface area contributed by atoms with E-state index in [1.807, 2.05) is 20.8 Å². The average molecular weight is 398 g/mol. The van der Waals surface area contributed by atoms with Crippen molar-refractivity contribution >= 4 is 23.5 Å². The first kappa shape index (κ1) is 21.9. The fraction of sp³-hybridized carbons (Fsp3) is 0.318. The maximum absolute atomic E-state index is 12.5. The van der Waals surface area contributed by atoms with Gasteiger partial charge in [-0.1, -0.05) is 19.9 Å². The molecule has 154 valence electrons. The Hall–Kier alpha value is -3.35. The monoisotopic (exact) mass is 398 g/mol. The Labute approximate surface area is 170 Å². The summed E-state index contributed by atoms with van der Waals surface area (Å²) >= 11 is 0. The number of carbonyl (C=O) groups excluding carboxylic acids is 3. The van der Waals surface area contributed by atoms with Gasteiger partial charge in [-0.15, -0.1) is 0 Å². The number of hydrogen-bond donors (Lipinski definition) is 1. The molecule has 1 heterocycles.